The zero-order chi connectivity index (χ0) is 11.4. The minimum Gasteiger partial charge on any atom is -0.399 e. The number of rotatable bonds is 3. The summed E-state index contributed by atoms with van der Waals surface area (Å²) in [6, 6.07) is 7.70. The molecule has 2 aromatic rings. The van der Waals surface area contributed by atoms with Crippen LogP contribution in [0.5, 0.6) is 0 Å². The molecule has 16 heavy (non-hydrogen) atoms. The van der Waals surface area contributed by atoms with Crippen molar-refractivity contribution in [2.75, 3.05) is 5.73 Å². The number of hydrogen-bond acceptors (Lipinski definition) is 4. The topological polar surface area (TPSA) is 51.8 Å². The predicted molar refractivity (Wildman–Crippen MR) is 70.1 cm³/mol. The molecule has 0 aliphatic carbocycles. The SMILES string of the molecule is Nc1cc(Br)cc(CSc2ncccn2)c1. The Morgan fingerprint density at radius 1 is 1.19 bits per heavy atom. The number of nitrogen functional groups attached to an aromatic ring is 1. The molecular formula is C11H10BrN3S. The Bertz CT molecular complexity index is 456. The Labute approximate surface area is 107 Å². The summed E-state index contributed by atoms with van der Waals surface area (Å²) >= 11 is 5.01. The van der Waals surface area contributed by atoms with E-state index in [0.29, 0.717) is 0 Å². The van der Waals surface area contributed by atoms with Gasteiger partial charge in [0.25, 0.3) is 0 Å². The average Bonchev–Trinajstić information content (AvgIpc) is 2.27. The van der Waals surface area contributed by atoms with Gasteiger partial charge >= 0.3 is 0 Å². The fraction of sp³-hybridized carbons (Fsp3) is 0.0909. The van der Waals surface area contributed by atoms with Gasteiger partial charge in [0.1, 0.15) is 0 Å². The van der Waals surface area contributed by atoms with Gasteiger partial charge in [-0.25, -0.2) is 9.97 Å². The normalized spacial score (nSPS) is 10.3. The Morgan fingerprint density at radius 2 is 1.94 bits per heavy atom. The number of nitrogens with zero attached hydrogens (tertiary/aromatic N) is 2. The molecular weight excluding hydrogens is 286 g/mol. The third kappa shape index (κ3) is 3.21. The first-order valence-corrected chi connectivity index (χ1v) is 6.46. The fourth-order valence-electron chi connectivity index (χ4n) is 1.27. The Hall–Kier alpha value is -1.07. The van der Waals surface area contributed by atoms with Crippen LogP contribution in [0.3, 0.4) is 0 Å². The number of thioether (sulfide) groups is 1. The van der Waals surface area contributed by atoms with E-state index in [9.17, 15) is 0 Å². The molecule has 0 spiro atoms. The van der Waals surface area contributed by atoms with E-state index >= 15 is 0 Å². The van der Waals surface area contributed by atoms with Crippen molar-refractivity contribution < 1.29 is 0 Å². The molecule has 0 saturated heterocycles. The molecule has 0 bridgehead atoms. The fourth-order valence-corrected chi connectivity index (χ4v) is 2.56. The van der Waals surface area contributed by atoms with Crippen molar-refractivity contribution >= 4 is 33.4 Å². The van der Waals surface area contributed by atoms with Crippen LogP contribution < -0.4 is 5.73 Å². The standard InChI is InChI=1S/C11H10BrN3S/c12-9-4-8(5-10(13)6-9)7-16-11-14-2-1-3-15-11/h1-6H,7,13H2. The number of halogens is 1. The van der Waals surface area contributed by atoms with Gasteiger partial charge in [-0.1, -0.05) is 27.7 Å². The molecule has 0 aliphatic heterocycles. The molecule has 0 amide bonds. The van der Waals surface area contributed by atoms with E-state index in [4.69, 9.17) is 5.73 Å². The summed E-state index contributed by atoms with van der Waals surface area (Å²) in [7, 11) is 0. The van der Waals surface area contributed by atoms with Crippen LogP contribution in [-0.2, 0) is 5.75 Å². The van der Waals surface area contributed by atoms with Gasteiger partial charge in [0.15, 0.2) is 5.16 Å². The largest absolute Gasteiger partial charge is 0.399 e. The highest BCUT2D eigenvalue weighted by atomic mass is 79.9. The van der Waals surface area contributed by atoms with Crippen molar-refractivity contribution in [1.29, 1.82) is 0 Å². The van der Waals surface area contributed by atoms with E-state index in [2.05, 4.69) is 25.9 Å². The zero-order valence-corrected chi connectivity index (χ0v) is 10.8. The lowest BCUT2D eigenvalue weighted by molar-refractivity contribution is 0.966. The molecule has 1 aromatic heterocycles. The molecule has 0 unspecified atom stereocenters. The van der Waals surface area contributed by atoms with Gasteiger partial charge in [0.05, 0.1) is 0 Å². The first kappa shape index (κ1) is 11.4. The average molecular weight is 296 g/mol. The zero-order valence-electron chi connectivity index (χ0n) is 8.43. The molecule has 2 N–H and O–H groups in total. The molecule has 5 heteroatoms. The van der Waals surface area contributed by atoms with Crippen molar-refractivity contribution in [3.8, 4) is 0 Å². The molecule has 1 aromatic carbocycles. The van der Waals surface area contributed by atoms with Crippen molar-refractivity contribution in [2.45, 2.75) is 10.9 Å². The van der Waals surface area contributed by atoms with Gasteiger partial charge in [-0.3, -0.25) is 0 Å². The van der Waals surface area contributed by atoms with Crippen molar-refractivity contribution in [3.63, 3.8) is 0 Å². The highest BCUT2D eigenvalue weighted by Crippen LogP contribution is 2.23. The summed E-state index contributed by atoms with van der Waals surface area (Å²) in [6.45, 7) is 0. The molecule has 0 atom stereocenters. The summed E-state index contributed by atoms with van der Waals surface area (Å²) in [5.74, 6) is 0.813. The number of nitrogens with two attached hydrogens (primary N) is 1. The molecule has 3 nitrogen and oxygen atoms in total. The van der Waals surface area contributed by atoms with Gasteiger partial charge < -0.3 is 5.73 Å². The Balaban J connectivity index is 2.05. The summed E-state index contributed by atoms with van der Waals surface area (Å²) in [5, 5.41) is 0.779. The quantitative estimate of drug-likeness (QED) is 0.537. The lowest BCUT2D eigenvalue weighted by Crippen LogP contribution is -1.89. The first-order valence-electron chi connectivity index (χ1n) is 4.69. The molecule has 0 fully saturated rings. The minimum absolute atomic E-state index is 0.763. The summed E-state index contributed by atoms with van der Waals surface area (Å²) in [6.07, 6.45) is 3.48. The number of hydrogen-bond donors (Lipinski definition) is 1. The molecule has 1 heterocycles. The van der Waals surface area contributed by atoms with Gasteiger partial charge in [-0.15, -0.1) is 0 Å². The van der Waals surface area contributed by atoms with Crippen molar-refractivity contribution in [2.24, 2.45) is 0 Å². The maximum absolute atomic E-state index is 5.76. The molecule has 0 saturated carbocycles. The Morgan fingerprint density at radius 3 is 2.62 bits per heavy atom. The highest BCUT2D eigenvalue weighted by Gasteiger charge is 2.00. The van der Waals surface area contributed by atoms with Crippen LogP contribution in [0.4, 0.5) is 5.69 Å². The summed E-state index contributed by atoms with van der Waals surface area (Å²) in [5.41, 5.74) is 7.68. The Kier molecular flexibility index (Phi) is 3.79. The number of aromatic nitrogens is 2. The van der Waals surface area contributed by atoms with Gasteiger partial charge in [-0.2, -0.15) is 0 Å². The first-order chi connectivity index (χ1) is 7.74. The van der Waals surface area contributed by atoms with E-state index in [0.717, 1.165) is 26.6 Å². The van der Waals surface area contributed by atoms with Crippen LogP contribution in [0.1, 0.15) is 5.56 Å². The van der Waals surface area contributed by atoms with Crippen LogP contribution in [0.2, 0.25) is 0 Å². The maximum Gasteiger partial charge on any atom is 0.187 e. The van der Waals surface area contributed by atoms with Crippen LogP contribution >= 0.6 is 27.7 Å². The third-order valence-corrected chi connectivity index (χ3v) is 3.29. The molecule has 2 rings (SSSR count). The number of benzene rings is 1. The van der Waals surface area contributed by atoms with E-state index in [-0.39, 0.29) is 0 Å². The predicted octanol–water partition coefficient (Wildman–Crippen LogP) is 3.11. The molecule has 0 aliphatic rings. The van der Waals surface area contributed by atoms with E-state index in [1.807, 2.05) is 18.2 Å². The monoisotopic (exact) mass is 295 g/mol. The van der Waals surface area contributed by atoms with Gasteiger partial charge in [0.2, 0.25) is 0 Å². The van der Waals surface area contributed by atoms with Gasteiger partial charge in [-0.05, 0) is 29.8 Å². The minimum atomic E-state index is 0.763. The van der Waals surface area contributed by atoms with E-state index in [1.165, 1.54) is 0 Å². The highest BCUT2D eigenvalue weighted by molar-refractivity contribution is 9.10. The summed E-state index contributed by atoms with van der Waals surface area (Å²) < 4.78 is 0.997. The second-order valence-corrected chi connectivity index (χ2v) is 5.07. The van der Waals surface area contributed by atoms with Crippen LogP contribution in [-0.4, -0.2) is 9.97 Å². The lowest BCUT2D eigenvalue weighted by Gasteiger charge is -2.03. The lowest BCUT2D eigenvalue weighted by atomic mass is 10.2. The van der Waals surface area contributed by atoms with Crippen LogP contribution in [0.15, 0.2) is 46.3 Å². The van der Waals surface area contributed by atoms with E-state index in [1.54, 1.807) is 30.2 Å². The second-order valence-electron chi connectivity index (χ2n) is 3.21. The smallest absolute Gasteiger partial charge is 0.187 e. The molecule has 82 valence electrons. The van der Waals surface area contributed by atoms with Crippen LogP contribution in [0, 0.1) is 0 Å². The van der Waals surface area contributed by atoms with Gasteiger partial charge in [0, 0.05) is 28.3 Å². The van der Waals surface area contributed by atoms with E-state index < -0.39 is 0 Å². The van der Waals surface area contributed by atoms with Crippen molar-refractivity contribution in [1.82, 2.24) is 9.97 Å². The van der Waals surface area contributed by atoms with Crippen molar-refractivity contribution in [3.05, 3.63) is 46.7 Å². The second kappa shape index (κ2) is 5.32. The van der Waals surface area contributed by atoms with Crippen LogP contribution in [0.25, 0.3) is 0 Å². The summed E-state index contributed by atoms with van der Waals surface area (Å²) in [4.78, 5) is 8.30. The number of anilines is 1. The maximum atomic E-state index is 5.76. The molecule has 0 radical (unpaired) electrons. The third-order valence-electron chi connectivity index (χ3n) is 1.89.